The van der Waals surface area contributed by atoms with Crippen molar-refractivity contribution in [2.24, 2.45) is 0 Å². The summed E-state index contributed by atoms with van der Waals surface area (Å²) in [6.45, 7) is 1.52. The third kappa shape index (κ3) is 3.20. The van der Waals surface area contributed by atoms with E-state index in [1.54, 1.807) is 4.57 Å². The van der Waals surface area contributed by atoms with Crippen LogP contribution in [0.5, 0.6) is 0 Å². The maximum absolute atomic E-state index is 11.9. The quantitative estimate of drug-likeness (QED) is 0.721. The zero-order valence-corrected chi connectivity index (χ0v) is 11.2. The van der Waals surface area contributed by atoms with Gasteiger partial charge < -0.3 is 0 Å². The molecule has 102 valence electrons. The van der Waals surface area contributed by atoms with Crippen LogP contribution in [0.1, 0.15) is 25.1 Å². The van der Waals surface area contributed by atoms with Gasteiger partial charge in [-0.1, -0.05) is 0 Å². The van der Waals surface area contributed by atoms with Crippen LogP contribution in [-0.2, 0) is 29.5 Å². The second-order valence-electron chi connectivity index (χ2n) is 4.55. The summed E-state index contributed by atoms with van der Waals surface area (Å²) in [6.07, 6.45) is 4.63. The molecule has 0 bridgehead atoms. The molecule has 1 N–H and O–H groups in total. The maximum atomic E-state index is 11.9. The molecule has 7 nitrogen and oxygen atoms in total. The molecule has 0 saturated heterocycles. The first kappa shape index (κ1) is 13.3. The number of rotatable bonds is 5. The van der Waals surface area contributed by atoms with Crippen LogP contribution in [0.25, 0.3) is 0 Å². The van der Waals surface area contributed by atoms with Crippen LogP contribution in [0, 0.1) is 0 Å². The highest BCUT2D eigenvalue weighted by atomic mass is 32.2. The van der Waals surface area contributed by atoms with E-state index in [9.17, 15) is 13.2 Å². The summed E-state index contributed by atoms with van der Waals surface area (Å²) in [7, 11) is -3.15. The predicted molar refractivity (Wildman–Crippen MR) is 66.9 cm³/mol. The molecule has 0 radical (unpaired) electrons. The molecule has 1 aromatic heterocycles. The minimum Gasteiger partial charge on any atom is -0.279 e. The van der Waals surface area contributed by atoms with Gasteiger partial charge in [-0.15, -0.1) is 0 Å². The lowest BCUT2D eigenvalue weighted by atomic mass is 10.2. The Bertz CT molecular complexity index is 572. The van der Waals surface area contributed by atoms with Crippen molar-refractivity contribution >= 4 is 10.0 Å². The molecule has 1 aliphatic rings. The van der Waals surface area contributed by atoms with Crippen molar-refractivity contribution < 1.29 is 8.42 Å². The molecule has 0 fully saturated rings. The fourth-order valence-corrected chi connectivity index (χ4v) is 2.60. The largest absolute Gasteiger partial charge is 0.345 e. The van der Waals surface area contributed by atoms with Gasteiger partial charge in [0.15, 0.2) is 0 Å². The predicted octanol–water partition coefficient (Wildman–Crippen LogP) is -0.680. The van der Waals surface area contributed by atoms with Crippen LogP contribution < -0.4 is 10.4 Å². The fraction of sp³-hybridized carbons (Fsp3) is 0.800. The zero-order chi connectivity index (χ0) is 13.2. The maximum Gasteiger partial charge on any atom is 0.345 e. The first-order valence-corrected chi connectivity index (χ1v) is 7.98. The lowest BCUT2D eigenvalue weighted by Crippen LogP contribution is -2.29. The Morgan fingerprint density at radius 2 is 2.17 bits per heavy atom. The summed E-state index contributed by atoms with van der Waals surface area (Å²) in [6, 6.07) is 0. The summed E-state index contributed by atoms with van der Waals surface area (Å²) in [5, 5.41) is 4.27. The molecular formula is C10H18N4O3S. The first-order valence-electron chi connectivity index (χ1n) is 6.08. The number of fused-ring (bicyclic) bond motifs is 1. The average Bonchev–Trinajstić information content (AvgIpc) is 2.62. The third-order valence-corrected chi connectivity index (χ3v) is 3.67. The highest BCUT2D eigenvalue weighted by molar-refractivity contribution is 7.88. The molecular weight excluding hydrogens is 256 g/mol. The van der Waals surface area contributed by atoms with Crippen molar-refractivity contribution in [2.45, 2.75) is 38.8 Å². The van der Waals surface area contributed by atoms with Crippen LogP contribution in [0.15, 0.2) is 4.79 Å². The van der Waals surface area contributed by atoms with Crippen LogP contribution in [-0.4, -0.2) is 35.6 Å². The second kappa shape index (κ2) is 5.23. The average molecular weight is 274 g/mol. The van der Waals surface area contributed by atoms with E-state index < -0.39 is 10.0 Å². The van der Waals surface area contributed by atoms with Gasteiger partial charge in [0.25, 0.3) is 0 Å². The van der Waals surface area contributed by atoms with Crippen molar-refractivity contribution in [1.82, 2.24) is 19.1 Å². The van der Waals surface area contributed by atoms with Gasteiger partial charge in [-0.3, -0.25) is 4.57 Å². The number of hydrogen-bond donors (Lipinski definition) is 1. The van der Waals surface area contributed by atoms with E-state index in [1.165, 1.54) is 4.68 Å². The molecule has 2 rings (SSSR count). The monoisotopic (exact) mass is 274 g/mol. The minimum absolute atomic E-state index is 0.0796. The molecule has 0 atom stereocenters. The Morgan fingerprint density at radius 3 is 2.83 bits per heavy atom. The molecule has 1 aliphatic heterocycles. The third-order valence-electron chi connectivity index (χ3n) is 2.94. The smallest absolute Gasteiger partial charge is 0.279 e. The summed E-state index contributed by atoms with van der Waals surface area (Å²) < 4.78 is 27.3. The molecule has 8 heteroatoms. The standard InChI is InChI=1S/C10H18N4O3S/c1-18(16,17)11-6-4-8-14-10(15)13-7-3-2-5-9(13)12-14/h11H,2-8H2,1H3. The van der Waals surface area contributed by atoms with Crippen molar-refractivity contribution in [3.05, 3.63) is 16.3 Å². The van der Waals surface area contributed by atoms with E-state index in [4.69, 9.17) is 0 Å². The van der Waals surface area contributed by atoms with Gasteiger partial charge in [0.05, 0.1) is 6.26 Å². The highest BCUT2D eigenvalue weighted by Gasteiger charge is 2.16. The molecule has 0 aliphatic carbocycles. The van der Waals surface area contributed by atoms with E-state index in [-0.39, 0.29) is 5.69 Å². The molecule has 18 heavy (non-hydrogen) atoms. The van der Waals surface area contributed by atoms with Gasteiger partial charge >= 0.3 is 5.69 Å². The SMILES string of the molecule is CS(=O)(=O)NCCCn1nc2n(c1=O)CCCC2. The first-order chi connectivity index (χ1) is 8.47. The molecule has 1 aromatic rings. The Morgan fingerprint density at radius 1 is 1.39 bits per heavy atom. The van der Waals surface area contributed by atoms with Crippen molar-refractivity contribution in [3.8, 4) is 0 Å². The molecule has 0 aromatic carbocycles. The Labute approximate surface area is 106 Å². The molecule has 0 amide bonds. The summed E-state index contributed by atoms with van der Waals surface area (Å²) >= 11 is 0. The van der Waals surface area contributed by atoms with Crippen molar-refractivity contribution in [1.29, 1.82) is 0 Å². The van der Waals surface area contributed by atoms with Gasteiger partial charge in [-0.05, 0) is 19.3 Å². The van der Waals surface area contributed by atoms with E-state index in [0.29, 0.717) is 19.5 Å². The van der Waals surface area contributed by atoms with Crippen LogP contribution in [0.4, 0.5) is 0 Å². The molecule has 0 unspecified atom stereocenters. The van der Waals surface area contributed by atoms with Gasteiger partial charge in [0.1, 0.15) is 5.82 Å². The highest BCUT2D eigenvalue weighted by Crippen LogP contribution is 2.09. The Balaban J connectivity index is 1.94. The van der Waals surface area contributed by atoms with E-state index in [1.807, 2.05) is 0 Å². The van der Waals surface area contributed by atoms with Crippen molar-refractivity contribution in [2.75, 3.05) is 12.8 Å². The fourth-order valence-electron chi connectivity index (χ4n) is 2.08. The lowest BCUT2D eigenvalue weighted by molar-refractivity contribution is 0.509. The molecule has 2 heterocycles. The number of nitrogens with zero attached hydrogens (tertiary/aromatic N) is 3. The summed E-state index contributed by atoms with van der Waals surface area (Å²) in [5.74, 6) is 0.849. The van der Waals surface area contributed by atoms with E-state index in [0.717, 1.165) is 37.9 Å². The van der Waals surface area contributed by atoms with Crippen molar-refractivity contribution in [3.63, 3.8) is 0 Å². The van der Waals surface area contributed by atoms with Crippen LogP contribution in [0.2, 0.25) is 0 Å². The van der Waals surface area contributed by atoms with Gasteiger partial charge in [-0.25, -0.2) is 22.6 Å². The van der Waals surface area contributed by atoms with Gasteiger partial charge in [0, 0.05) is 26.1 Å². The minimum atomic E-state index is -3.15. The Hall–Kier alpha value is -1.15. The van der Waals surface area contributed by atoms with Crippen LogP contribution >= 0.6 is 0 Å². The zero-order valence-electron chi connectivity index (χ0n) is 10.4. The normalized spacial score (nSPS) is 15.6. The summed E-state index contributed by atoms with van der Waals surface area (Å²) in [4.78, 5) is 11.9. The number of nitrogens with one attached hydrogen (secondary N) is 1. The van der Waals surface area contributed by atoms with Gasteiger partial charge in [-0.2, -0.15) is 5.10 Å². The number of hydrogen-bond acceptors (Lipinski definition) is 4. The Kier molecular flexibility index (Phi) is 3.86. The number of sulfonamides is 1. The molecule has 0 saturated carbocycles. The van der Waals surface area contributed by atoms with E-state index in [2.05, 4.69) is 9.82 Å². The number of aromatic nitrogens is 3. The topological polar surface area (TPSA) is 86.0 Å². The van der Waals surface area contributed by atoms with Gasteiger partial charge in [0.2, 0.25) is 10.0 Å². The van der Waals surface area contributed by atoms with Crippen LogP contribution in [0.3, 0.4) is 0 Å². The molecule has 0 spiro atoms. The number of aryl methyl sites for hydroxylation is 2. The summed E-state index contributed by atoms with van der Waals surface area (Å²) in [5.41, 5.74) is -0.0796. The van der Waals surface area contributed by atoms with E-state index >= 15 is 0 Å². The second-order valence-corrected chi connectivity index (χ2v) is 6.38. The lowest BCUT2D eigenvalue weighted by Gasteiger charge is -2.09.